The lowest BCUT2D eigenvalue weighted by atomic mass is 10.0. The number of fused-ring (bicyclic) bond motifs is 1. The van der Waals surface area contributed by atoms with E-state index in [0.29, 0.717) is 29.9 Å². The highest BCUT2D eigenvalue weighted by molar-refractivity contribution is 9.10. The maximum atomic E-state index is 12.3. The van der Waals surface area contributed by atoms with Crippen LogP contribution in [0.3, 0.4) is 0 Å². The Bertz CT molecular complexity index is 997. The van der Waals surface area contributed by atoms with Crippen molar-refractivity contribution in [2.24, 2.45) is 0 Å². The molecule has 140 valence electrons. The molecule has 0 saturated heterocycles. The van der Waals surface area contributed by atoms with Gasteiger partial charge in [-0.15, -0.1) is 0 Å². The first-order valence-corrected chi connectivity index (χ1v) is 10.9. The van der Waals surface area contributed by atoms with E-state index in [1.807, 2.05) is 24.3 Å². The Balaban J connectivity index is 1.65. The van der Waals surface area contributed by atoms with Crippen molar-refractivity contribution in [2.45, 2.75) is 18.2 Å². The van der Waals surface area contributed by atoms with E-state index in [1.54, 1.807) is 24.3 Å². The Morgan fingerprint density at radius 2 is 2.00 bits per heavy atom. The van der Waals surface area contributed by atoms with Gasteiger partial charge in [-0.3, -0.25) is 4.79 Å². The number of nitrogens with zero attached hydrogens (tertiary/aromatic N) is 1. The average molecular weight is 449 g/mol. The summed E-state index contributed by atoms with van der Waals surface area (Å²) in [6.45, 7) is 0.456. The highest BCUT2D eigenvalue weighted by atomic mass is 79.9. The molecule has 1 N–H and O–H groups in total. The molecule has 2 aromatic carbocycles. The van der Waals surface area contributed by atoms with Gasteiger partial charge in [0, 0.05) is 16.5 Å². The summed E-state index contributed by atoms with van der Waals surface area (Å²) in [5, 5.41) is 11.6. The largest absolute Gasteiger partial charge is 0.493 e. The second kappa shape index (κ2) is 8.11. The minimum atomic E-state index is -3.63. The van der Waals surface area contributed by atoms with Crippen LogP contribution in [0.2, 0.25) is 0 Å². The van der Waals surface area contributed by atoms with Crippen molar-refractivity contribution in [1.82, 2.24) is 5.32 Å². The Morgan fingerprint density at radius 1 is 1.26 bits per heavy atom. The number of hydrogen-bond acceptors (Lipinski definition) is 5. The van der Waals surface area contributed by atoms with Gasteiger partial charge >= 0.3 is 0 Å². The van der Waals surface area contributed by atoms with Crippen LogP contribution in [0.1, 0.15) is 29.2 Å². The van der Waals surface area contributed by atoms with E-state index in [2.05, 4.69) is 21.2 Å². The number of carbonyl (C=O) groups excluding carboxylic acids is 1. The Morgan fingerprint density at radius 3 is 2.70 bits per heavy atom. The summed E-state index contributed by atoms with van der Waals surface area (Å²) >= 11 is 3.40. The maximum Gasteiger partial charge on any atom is 0.235 e. The third-order valence-electron chi connectivity index (χ3n) is 4.17. The molecule has 0 aromatic heterocycles. The van der Waals surface area contributed by atoms with Gasteiger partial charge in [0.05, 0.1) is 30.0 Å². The van der Waals surface area contributed by atoms with Crippen molar-refractivity contribution in [1.29, 1.82) is 5.26 Å². The molecule has 6 nitrogen and oxygen atoms in total. The van der Waals surface area contributed by atoms with Gasteiger partial charge in [0.15, 0.2) is 9.84 Å². The van der Waals surface area contributed by atoms with Crippen molar-refractivity contribution in [3.63, 3.8) is 0 Å². The molecule has 0 saturated carbocycles. The Labute approximate surface area is 166 Å². The predicted molar refractivity (Wildman–Crippen MR) is 104 cm³/mol. The number of carbonyl (C=O) groups is 1. The van der Waals surface area contributed by atoms with Gasteiger partial charge in [0.1, 0.15) is 11.5 Å². The lowest BCUT2D eigenvalue weighted by Crippen LogP contribution is -2.36. The molecule has 0 radical (unpaired) electrons. The van der Waals surface area contributed by atoms with E-state index in [9.17, 15) is 13.2 Å². The number of nitrogens with one attached hydrogen (secondary N) is 1. The third-order valence-corrected chi connectivity index (χ3v) is 6.14. The number of amides is 1. The Hall–Kier alpha value is -2.37. The SMILES string of the molecule is N#Cc1ccc(CS(=O)(=O)CC(=O)NC2CCOc3ccc(Br)cc32)cc1. The summed E-state index contributed by atoms with van der Waals surface area (Å²) in [4.78, 5) is 12.3. The molecule has 0 aliphatic carbocycles. The zero-order valence-corrected chi connectivity index (χ0v) is 16.7. The fourth-order valence-corrected chi connectivity index (χ4v) is 4.60. The van der Waals surface area contributed by atoms with Gasteiger partial charge in [-0.2, -0.15) is 5.26 Å². The minimum Gasteiger partial charge on any atom is -0.493 e. The number of sulfone groups is 1. The van der Waals surface area contributed by atoms with Gasteiger partial charge in [-0.1, -0.05) is 28.1 Å². The second-order valence-corrected chi connectivity index (χ2v) is 9.26. The van der Waals surface area contributed by atoms with Crippen molar-refractivity contribution in [3.8, 4) is 11.8 Å². The van der Waals surface area contributed by atoms with Crippen molar-refractivity contribution in [2.75, 3.05) is 12.4 Å². The van der Waals surface area contributed by atoms with Crippen LogP contribution in [-0.4, -0.2) is 26.7 Å². The number of benzene rings is 2. The van der Waals surface area contributed by atoms with Crippen LogP contribution in [0, 0.1) is 11.3 Å². The van der Waals surface area contributed by atoms with Crippen LogP contribution in [-0.2, 0) is 20.4 Å². The first-order valence-electron chi connectivity index (χ1n) is 8.27. The van der Waals surface area contributed by atoms with Gasteiger partial charge < -0.3 is 10.1 Å². The normalized spacial score (nSPS) is 15.9. The fraction of sp³-hybridized carbons (Fsp3) is 0.263. The van der Waals surface area contributed by atoms with Gasteiger partial charge in [0.25, 0.3) is 0 Å². The van der Waals surface area contributed by atoms with Crippen LogP contribution in [0.15, 0.2) is 46.9 Å². The molecule has 1 atom stereocenters. The van der Waals surface area contributed by atoms with Gasteiger partial charge in [-0.05, 0) is 35.9 Å². The van der Waals surface area contributed by atoms with Gasteiger partial charge in [-0.25, -0.2) is 8.42 Å². The van der Waals surface area contributed by atoms with Crippen molar-refractivity contribution < 1.29 is 17.9 Å². The lowest BCUT2D eigenvalue weighted by molar-refractivity contribution is -0.119. The van der Waals surface area contributed by atoms with Crippen molar-refractivity contribution >= 4 is 31.7 Å². The minimum absolute atomic E-state index is 0.248. The maximum absolute atomic E-state index is 12.3. The van der Waals surface area contributed by atoms with E-state index in [0.717, 1.165) is 10.0 Å². The van der Waals surface area contributed by atoms with E-state index in [1.165, 1.54) is 0 Å². The highest BCUT2D eigenvalue weighted by Gasteiger charge is 2.25. The summed E-state index contributed by atoms with van der Waals surface area (Å²) < 4.78 is 31.1. The van der Waals surface area contributed by atoms with Crippen LogP contribution in [0.4, 0.5) is 0 Å². The number of halogens is 1. The standard InChI is InChI=1S/C19H17BrN2O4S/c20-15-5-6-18-16(9-15)17(7-8-26-18)22-19(23)12-27(24,25)11-14-3-1-13(10-21)2-4-14/h1-6,9,17H,7-8,11-12H2,(H,22,23). The molecule has 2 aromatic rings. The number of rotatable bonds is 5. The molecule has 0 fully saturated rings. The highest BCUT2D eigenvalue weighted by Crippen LogP contribution is 2.34. The smallest absolute Gasteiger partial charge is 0.235 e. The van der Waals surface area contributed by atoms with Crippen LogP contribution in [0.5, 0.6) is 5.75 Å². The molecule has 8 heteroatoms. The topological polar surface area (TPSA) is 96.3 Å². The van der Waals surface area contributed by atoms with Crippen LogP contribution >= 0.6 is 15.9 Å². The second-order valence-electron chi connectivity index (χ2n) is 6.28. The molecule has 0 spiro atoms. The van der Waals surface area contributed by atoms with E-state index >= 15 is 0 Å². The molecule has 1 unspecified atom stereocenters. The summed E-state index contributed by atoms with van der Waals surface area (Å²) in [6, 6.07) is 13.5. The number of ether oxygens (including phenoxy) is 1. The summed E-state index contributed by atoms with van der Waals surface area (Å²) in [6.07, 6.45) is 0.574. The summed E-state index contributed by atoms with van der Waals surface area (Å²) in [7, 11) is -3.63. The average Bonchev–Trinajstić information content (AvgIpc) is 2.62. The molecule has 3 rings (SSSR count). The molecule has 27 heavy (non-hydrogen) atoms. The van der Waals surface area contributed by atoms with Crippen LogP contribution < -0.4 is 10.1 Å². The van der Waals surface area contributed by atoms with Gasteiger partial charge in [0.2, 0.25) is 5.91 Å². The van der Waals surface area contributed by atoms with E-state index in [-0.39, 0.29) is 11.8 Å². The first-order chi connectivity index (χ1) is 12.9. The molecule has 1 aliphatic rings. The predicted octanol–water partition coefficient (Wildman–Crippen LogP) is 2.88. The third kappa shape index (κ3) is 5.08. The zero-order chi connectivity index (χ0) is 19.4. The molecular formula is C19H17BrN2O4S. The molecule has 1 heterocycles. The quantitative estimate of drug-likeness (QED) is 0.758. The van der Waals surface area contributed by atoms with Crippen molar-refractivity contribution in [3.05, 3.63) is 63.6 Å². The number of hydrogen-bond donors (Lipinski definition) is 1. The molecule has 0 bridgehead atoms. The van der Waals surface area contributed by atoms with E-state index in [4.69, 9.17) is 10.00 Å². The Kier molecular flexibility index (Phi) is 5.82. The zero-order valence-electron chi connectivity index (χ0n) is 14.3. The lowest BCUT2D eigenvalue weighted by Gasteiger charge is -2.27. The van der Waals surface area contributed by atoms with E-state index < -0.39 is 21.5 Å². The summed E-state index contributed by atoms with van der Waals surface area (Å²) in [5.74, 6) is -0.688. The molecule has 1 aliphatic heterocycles. The number of nitriles is 1. The molecule has 1 amide bonds. The first kappa shape index (κ1) is 19.4. The fourth-order valence-electron chi connectivity index (χ4n) is 2.93. The molecular weight excluding hydrogens is 432 g/mol. The van der Waals surface area contributed by atoms with Crippen LogP contribution in [0.25, 0.3) is 0 Å². The monoisotopic (exact) mass is 448 g/mol. The summed E-state index contributed by atoms with van der Waals surface area (Å²) in [5.41, 5.74) is 1.83.